The number of nitrogens with one attached hydrogen (secondary N) is 1. The highest BCUT2D eigenvalue weighted by Gasteiger charge is 2.13. The number of hydrogen-bond donors (Lipinski definition) is 1. The number of rotatable bonds is 1. The summed E-state index contributed by atoms with van der Waals surface area (Å²) < 4.78 is 1.04. The maximum Gasteiger partial charge on any atom is 0.247 e. The molecule has 1 N–H and O–H groups in total. The lowest BCUT2D eigenvalue weighted by molar-refractivity contribution is -0.118. The van der Waals surface area contributed by atoms with E-state index in [0.29, 0.717) is 0 Å². The Hall–Kier alpha value is -1.09. The Morgan fingerprint density at radius 2 is 2.27 bits per heavy atom. The van der Waals surface area contributed by atoms with Crippen LogP contribution in [0.4, 0.5) is 0 Å². The third-order valence-corrected chi connectivity index (χ3v) is 2.88. The fourth-order valence-corrected chi connectivity index (χ4v) is 2.06. The van der Waals surface area contributed by atoms with Crippen molar-refractivity contribution >= 4 is 27.9 Å². The van der Waals surface area contributed by atoms with E-state index in [-0.39, 0.29) is 5.91 Å². The second-order valence-corrected chi connectivity index (χ2v) is 4.50. The lowest BCUT2D eigenvalue weighted by Gasteiger charge is -2.14. The minimum Gasteiger partial charge on any atom is -0.352 e. The van der Waals surface area contributed by atoms with Gasteiger partial charge in [-0.05, 0) is 36.6 Å². The van der Waals surface area contributed by atoms with Gasteiger partial charge in [-0.15, -0.1) is 0 Å². The largest absolute Gasteiger partial charge is 0.352 e. The van der Waals surface area contributed by atoms with Crippen molar-refractivity contribution in [2.24, 2.45) is 0 Å². The molecule has 2 rings (SSSR count). The van der Waals surface area contributed by atoms with Crippen LogP contribution in [0, 0.1) is 0 Å². The Morgan fingerprint density at radius 1 is 1.40 bits per heavy atom. The third kappa shape index (κ3) is 2.69. The summed E-state index contributed by atoms with van der Waals surface area (Å²) in [7, 11) is 0. The van der Waals surface area contributed by atoms with Crippen LogP contribution in [-0.2, 0) is 4.79 Å². The number of carbonyl (C=O) groups excluding carboxylic acids is 1. The number of benzene rings is 1. The molecule has 1 heterocycles. The van der Waals surface area contributed by atoms with Gasteiger partial charge in [-0.1, -0.05) is 28.1 Å². The molecule has 1 aromatic rings. The number of piperidine rings is 1. The molecule has 0 saturated carbocycles. The van der Waals surface area contributed by atoms with Crippen molar-refractivity contribution < 1.29 is 4.79 Å². The molecule has 1 fully saturated rings. The number of carbonyl (C=O) groups is 1. The maximum absolute atomic E-state index is 11.5. The molecular formula is C12H12BrNO. The van der Waals surface area contributed by atoms with Crippen LogP contribution in [0.1, 0.15) is 18.4 Å². The average molecular weight is 266 g/mol. The molecule has 3 heteroatoms. The molecule has 1 amide bonds. The highest BCUT2D eigenvalue weighted by atomic mass is 79.9. The average Bonchev–Trinajstić information content (AvgIpc) is 2.22. The van der Waals surface area contributed by atoms with E-state index in [4.69, 9.17) is 0 Å². The summed E-state index contributed by atoms with van der Waals surface area (Å²) in [6.45, 7) is 0.800. The molecule has 2 nitrogen and oxygen atoms in total. The fraction of sp³-hybridized carbons (Fsp3) is 0.250. The SMILES string of the molecule is O=C1NCCCC1=Cc1cccc(Br)c1. The van der Waals surface area contributed by atoms with Gasteiger partial charge in [-0.2, -0.15) is 0 Å². The maximum atomic E-state index is 11.5. The van der Waals surface area contributed by atoms with Gasteiger partial charge in [0.2, 0.25) is 5.91 Å². The first kappa shape index (κ1) is 10.4. The predicted molar refractivity (Wildman–Crippen MR) is 64.4 cm³/mol. The third-order valence-electron chi connectivity index (χ3n) is 2.39. The van der Waals surface area contributed by atoms with E-state index in [9.17, 15) is 4.79 Å². The summed E-state index contributed by atoms with van der Waals surface area (Å²) in [5, 5.41) is 2.85. The van der Waals surface area contributed by atoms with Gasteiger partial charge in [-0.25, -0.2) is 0 Å². The number of hydrogen-bond acceptors (Lipinski definition) is 1. The van der Waals surface area contributed by atoms with Crippen LogP contribution >= 0.6 is 15.9 Å². The molecule has 0 aliphatic carbocycles. The van der Waals surface area contributed by atoms with Crippen molar-refractivity contribution in [2.45, 2.75) is 12.8 Å². The van der Waals surface area contributed by atoms with E-state index < -0.39 is 0 Å². The molecule has 0 spiro atoms. The second-order valence-electron chi connectivity index (χ2n) is 3.58. The van der Waals surface area contributed by atoms with Crippen LogP contribution in [0.2, 0.25) is 0 Å². The van der Waals surface area contributed by atoms with Gasteiger partial charge in [0.15, 0.2) is 0 Å². The zero-order valence-electron chi connectivity index (χ0n) is 8.29. The van der Waals surface area contributed by atoms with E-state index in [1.54, 1.807) is 0 Å². The molecule has 1 saturated heterocycles. The summed E-state index contributed by atoms with van der Waals surface area (Å²) in [6.07, 6.45) is 3.86. The molecule has 0 aromatic heterocycles. The highest BCUT2D eigenvalue weighted by molar-refractivity contribution is 9.10. The summed E-state index contributed by atoms with van der Waals surface area (Å²) in [5.41, 5.74) is 1.94. The Kier molecular flexibility index (Phi) is 3.21. The lowest BCUT2D eigenvalue weighted by atomic mass is 10.0. The minimum atomic E-state index is 0.0706. The van der Waals surface area contributed by atoms with E-state index in [1.165, 1.54) is 0 Å². The van der Waals surface area contributed by atoms with Crippen LogP contribution < -0.4 is 5.32 Å². The summed E-state index contributed by atoms with van der Waals surface area (Å²) >= 11 is 3.41. The van der Waals surface area contributed by atoms with Gasteiger partial charge in [0.1, 0.15) is 0 Å². The number of amides is 1. The summed E-state index contributed by atoms with van der Waals surface area (Å²) in [4.78, 5) is 11.5. The fourth-order valence-electron chi connectivity index (χ4n) is 1.64. The zero-order valence-corrected chi connectivity index (χ0v) is 9.88. The smallest absolute Gasteiger partial charge is 0.247 e. The van der Waals surface area contributed by atoms with E-state index in [1.807, 2.05) is 30.3 Å². The van der Waals surface area contributed by atoms with Crippen molar-refractivity contribution in [1.29, 1.82) is 0 Å². The topological polar surface area (TPSA) is 29.1 Å². The van der Waals surface area contributed by atoms with Crippen LogP contribution in [0.5, 0.6) is 0 Å². The van der Waals surface area contributed by atoms with Gasteiger partial charge in [0, 0.05) is 16.6 Å². The number of halogens is 1. The molecule has 0 radical (unpaired) electrons. The zero-order chi connectivity index (χ0) is 10.7. The minimum absolute atomic E-state index is 0.0706. The Balaban J connectivity index is 2.25. The second kappa shape index (κ2) is 4.62. The molecule has 0 unspecified atom stereocenters. The van der Waals surface area contributed by atoms with Gasteiger partial charge in [0.05, 0.1) is 0 Å². The summed E-state index contributed by atoms with van der Waals surface area (Å²) in [6, 6.07) is 7.95. The van der Waals surface area contributed by atoms with Crippen molar-refractivity contribution in [2.75, 3.05) is 6.54 Å². The van der Waals surface area contributed by atoms with E-state index in [0.717, 1.165) is 35.0 Å². The Bertz CT molecular complexity index is 412. The van der Waals surface area contributed by atoms with Gasteiger partial charge in [-0.3, -0.25) is 4.79 Å². The van der Waals surface area contributed by atoms with Crippen molar-refractivity contribution in [1.82, 2.24) is 5.32 Å². The van der Waals surface area contributed by atoms with Gasteiger partial charge >= 0.3 is 0 Å². The van der Waals surface area contributed by atoms with E-state index in [2.05, 4.69) is 21.2 Å². The quantitative estimate of drug-likeness (QED) is 0.778. The van der Waals surface area contributed by atoms with E-state index >= 15 is 0 Å². The lowest BCUT2D eigenvalue weighted by Crippen LogP contribution is -2.30. The monoisotopic (exact) mass is 265 g/mol. The standard InChI is InChI=1S/C12H12BrNO/c13-11-5-1-3-9(8-11)7-10-4-2-6-14-12(10)15/h1,3,5,7-8H,2,4,6H2,(H,14,15). The van der Waals surface area contributed by atoms with Crippen molar-refractivity contribution in [3.8, 4) is 0 Å². The normalized spacial score (nSPS) is 19.0. The molecule has 1 aromatic carbocycles. The molecular weight excluding hydrogens is 254 g/mol. The molecule has 0 bridgehead atoms. The van der Waals surface area contributed by atoms with Gasteiger partial charge in [0.25, 0.3) is 0 Å². The first-order chi connectivity index (χ1) is 7.25. The molecule has 0 atom stereocenters. The molecule has 1 aliphatic heterocycles. The van der Waals surface area contributed by atoms with Gasteiger partial charge < -0.3 is 5.32 Å². The Labute approximate surface area is 97.5 Å². The van der Waals surface area contributed by atoms with Crippen molar-refractivity contribution in [3.05, 3.63) is 39.9 Å². The van der Waals surface area contributed by atoms with Crippen LogP contribution in [-0.4, -0.2) is 12.5 Å². The Morgan fingerprint density at radius 3 is 3.00 bits per heavy atom. The van der Waals surface area contributed by atoms with Crippen LogP contribution in [0.25, 0.3) is 6.08 Å². The van der Waals surface area contributed by atoms with Crippen LogP contribution in [0.3, 0.4) is 0 Å². The van der Waals surface area contributed by atoms with Crippen molar-refractivity contribution in [3.63, 3.8) is 0 Å². The summed E-state index contributed by atoms with van der Waals surface area (Å²) in [5.74, 6) is 0.0706. The highest BCUT2D eigenvalue weighted by Crippen LogP contribution is 2.17. The molecule has 1 aliphatic rings. The molecule has 78 valence electrons. The first-order valence-corrected chi connectivity index (χ1v) is 5.79. The predicted octanol–water partition coefficient (Wildman–Crippen LogP) is 2.74. The van der Waals surface area contributed by atoms with Crippen LogP contribution in [0.15, 0.2) is 34.3 Å². The first-order valence-electron chi connectivity index (χ1n) is 5.00. The molecule has 15 heavy (non-hydrogen) atoms.